The topological polar surface area (TPSA) is 29.1 Å². The van der Waals surface area contributed by atoms with E-state index in [0.717, 1.165) is 5.56 Å². The van der Waals surface area contributed by atoms with E-state index in [1.165, 1.54) is 0 Å². The summed E-state index contributed by atoms with van der Waals surface area (Å²) in [6, 6.07) is 6.68. The molecule has 2 rings (SSSR count). The van der Waals surface area contributed by atoms with Crippen molar-refractivity contribution in [1.82, 2.24) is 5.32 Å². The summed E-state index contributed by atoms with van der Waals surface area (Å²) >= 11 is 0. The van der Waals surface area contributed by atoms with Crippen LogP contribution in [0.4, 0.5) is 0 Å². The maximum absolute atomic E-state index is 12.5. The Bertz CT molecular complexity index is 730. The molecule has 0 fully saturated rings. The number of hydrogen-bond donors (Lipinski definition) is 1. The fourth-order valence-corrected chi connectivity index (χ4v) is 1.64. The fraction of sp³-hybridized carbons (Fsp3) is 0.188. The van der Waals surface area contributed by atoms with Crippen molar-refractivity contribution in [2.75, 3.05) is 0 Å². The van der Waals surface area contributed by atoms with Gasteiger partial charge in [0, 0.05) is 5.56 Å². The number of nitrogens with one attached hydrogen (secondary N) is 1. The van der Waals surface area contributed by atoms with E-state index in [0.29, 0.717) is 0 Å². The molecule has 2 heteroatoms. The van der Waals surface area contributed by atoms with Gasteiger partial charge in [0.15, 0.2) is 0 Å². The first-order valence-electron chi connectivity index (χ1n) is 8.11. The zero-order valence-corrected chi connectivity index (χ0v) is 10.3. The van der Waals surface area contributed by atoms with Crippen molar-refractivity contribution in [3.05, 3.63) is 71.7 Å². The average molecular weight is 244 g/mol. The zero-order valence-electron chi connectivity index (χ0n) is 15.3. The van der Waals surface area contributed by atoms with Crippen molar-refractivity contribution in [2.45, 2.75) is 19.4 Å². The maximum atomic E-state index is 12.5. The number of amides is 1. The van der Waals surface area contributed by atoms with Crippen molar-refractivity contribution in [3.8, 4) is 0 Å². The van der Waals surface area contributed by atoms with Crippen LogP contribution >= 0.6 is 0 Å². The summed E-state index contributed by atoms with van der Waals surface area (Å²) in [6.07, 6.45) is 0. The van der Waals surface area contributed by atoms with Gasteiger partial charge in [0.2, 0.25) is 0 Å². The maximum Gasteiger partial charge on any atom is 0.251 e. The molecule has 18 heavy (non-hydrogen) atoms. The molecule has 0 aliphatic rings. The molecule has 0 unspecified atom stereocenters. The molecule has 0 saturated carbocycles. The van der Waals surface area contributed by atoms with Gasteiger partial charge in [-0.05, 0) is 31.5 Å². The summed E-state index contributed by atoms with van der Waals surface area (Å²) in [4.78, 5) is 12.5. The van der Waals surface area contributed by atoms with Crippen molar-refractivity contribution in [3.63, 3.8) is 0 Å². The second kappa shape index (κ2) is 5.05. The molecule has 0 spiro atoms. The summed E-state index contributed by atoms with van der Waals surface area (Å²) in [5.74, 6) is -0.698. The second-order valence-corrected chi connectivity index (χ2v) is 4.45. The standard InChI is InChI=1S/C16H17NO/c1-16(2,14-11-7-4-8-12-14)17-15(18)13-9-5-3-6-10-13/h3-12H,1-2H3,(H,17,18)/i3D,5D,6D,9D,10D. The van der Waals surface area contributed by atoms with E-state index in [9.17, 15) is 4.79 Å². The molecule has 0 atom stereocenters. The molecule has 0 heterocycles. The SMILES string of the molecule is [2H]c1c([2H])c([2H])c(C(=O)NC(C)(C)c2ccccc2)c([2H])c1[2H]. The van der Waals surface area contributed by atoms with Crippen LogP contribution in [0, 0.1) is 0 Å². The monoisotopic (exact) mass is 244 g/mol. The van der Waals surface area contributed by atoms with Gasteiger partial charge >= 0.3 is 0 Å². The van der Waals surface area contributed by atoms with E-state index in [2.05, 4.69) is 5.32 Å². The Kier molecular flexibility index (Phi) is 2.07. The van der Waals surface area contributed by atoms with Crippen LogP contribution in [0.5, 0.6) is 0 Å². The first-order valence-corrected chi connectivity index (χ1v) is 5.61. The van der Waals surface area contributed by atoms with Crippen LogP contribution in [0.3, 0.4) is 0 Å². The minimum Gasteiger partial charge on any atom is -0.343 e. The van der Waals surface area contributed by atoms with Gasteiger partial charge in [-0.3, -0.25) is 4.79 Å². The molecule has 0 saturated heterocycles. The summed E-state index contributed by atoms with van der Waals surface area (Å²) in [5, 5.41) is 2.74. The van der Waals surface area contributed by atoms with E-state index in [1.807, 2.05) is 30.3 Å². The molecular formula is C16H17NO. The molecule has 2 nitrogen and oxygen atoms in total. The van der Waals surface area contributed by atoms with Crippen molar-refractivity contribution < 1.29 is 11.6 Å². The van der Waals surface area contributed by atoms with Crippen molar-refractivity contribution >= 4 is 5.91 Å². The van der Waals surface area contributed by atoms with Crippen molar-refractivity contribution in [1.29, 1.82) is 0 Å². The van der Waals surface area contributed by atoms with Gasteiger partial charge in [-0.25, -0.2) is 0 Å². The van der Waals surface area contributed by atoms with Gasteiger partial charge in [0.1, 0.15) is 0 Å². The normalized spacial score (nSPS) is 14.9. The molecule has 1 N–H and O–H groups in total. The number of rotatable bonds is 3. The Morgan fingerprint density at radius 3 is 2.33 bits per heavy atom. The van der Waals surface area contributed by atoms with E-state index in [4.69, 9.17) is 6.85 Å². The van der Waals surface area contributed by atoms with Crippen LogP contribution in [-0.2, 0) is 5.54 Å². The molecule has 0 aliphatic heterocycles. The Hall–Kier alpha value is -2.09. The highest BCUT2D eigenvalue weighted by atomic mass is 16.1. The van der Waals surface area contributed by atoms with Crippen LogP contribution in [0.2, 0.25) is 0 Å². The molecule has 92 valence electrons. The van der Waals surface area contributed by atoms with Gasteiger partial charge < -0.3 is 5.32 Å². The average Bonchev–Trinajstić information content (AvgIpc) is 2.51. The Morgan fingerprint density at radius 2 is 1.72 bits per heavy atom. The van der Waals surface area contributed by atoms with Gasteiger partial charge in [0.25, 0.3) is 5.91 Å². The Labute approximate surface area is 115 Å². The predicted octanol–water partition coefficient (Wildman–Crippen LogP) is 3.35. The van der Waals surface area contributed by atoms with E-state index in [-0.39, 0.29) is 5.56 Å². The van der Waals surface area contributed by atoms with Crippen LogP contribution < -0.4 is 5.32 Å². The number of carbonyl (C=O) groups excluding carboxylic acids is 1. The highest BCUT2D eigenvalue weighted by Gasteiger charge is 2.22. The predicted molar refractivity (Wildman–Crippen MR) is 73.4 cm³/mol. The zero-order chi connectivity index (χ0) is 17.4. The second-order valence-electron chi connectivity index (χ2n) is 4.45. The minimum atomic E-state index is -0.749. The van der Waals surface area contributed by atoms with Crippen LogP contribution in [0.1, 0.15) is 36.6 Å². The third-order valence-corrected chi connectivity index (χ3v) is 2.65. The molecule has 2 aromatic carbocycles. The van der Waals surface area contributed by atoms with E-state index >= 15 is 0 Å². The summed E-state index contributed by atoms with van der Waals surface area (Å²) in [7, 11) is 0. The third kappa shape index (κ3) is 2.77. The van der Waals surface area contributed by atoms with E-state index in [1.54, 1.807) is 13.8 Å². The van der Waals surface area contributed by atoms with Gasteiger partial charge in [-0.15, -0.1) is 0 Å². The molecular weight excluding hydrogens is 222 g/mol. The first-order chi connectivity index (χ1) is 10.7. The number of hydrogen-bond acceptors (Lipinski definition) is 1. The fourth-order valence-electron chi connectivity index (χ4n) is 1.64. The molecule has 0 aliphatic carbocycles. The summed E-state index contributed by atoms with van der Waals surface area (Å²) < 4.78 is 38.5. The van der Waals surface area contributed by atoms with Gasteiger partial charge in [-0.1, -0.05) is 48.5 Å². The molecule has 0 radical (unpaired) electrons. The summed E-state index contributed by atoms with van der Waals surface area (Å²) in [6.45, 7) is 3.57. The largest absolute Gasteiger partial charge is 0.343 e. The number of benzene rings is 2. The highest BCUT2D eigenvalue weighted by molar-refractivity contribution is 5.94. The first kappa shape index (κ1) is 7.37. The van der Waals surface area contributed by atoms with Gasteiger partial charge in [-0.2, -0.15) is 0 Å². The van der Waals surface area contributed by atoms with Crippen LogP contribution in [0.25, 0.3) is 0 Å². The van der Waals surface area contributed by atoms with Crippen molar-refractivity contribution in [2.24, 2.45) is 0 Å². The molecule has 0 aromatic heterocycles. The van der Waals surface area contributed by atoms with E-state index < -0.39 is 41.7 Å². The lowest BCUT2D eigenvalue weighted by Crippen LogP contribution is -2.40. The lowest BCUT2D eigenvalue weighted by atomic mass is 9.94. The number of carbonyl (C=O) groups is 1. The Balaban J connectivity index is 2.43. The molecule has 1 amide bonds. The van der Waals surface area contributed by atoms with Gasteiger partial charge in [0.05, 0.1) is 12.4 Å². The molecule has 2 aromatic rings. The smallest absolute Gasteiger partial charge is 0.251 e. The third-order valence-electron chi connectivity index (χ3n) is 2.65. The molecule has 0 bridgehead atoms. The quantitative estimate of drug-likeness (QED) is 0.881. The Morgan fingerprint density at radius 1 is 1.11 bits per heavy atom. The highest BCUT2D eigenvalue weighted by Crippen LogP contribution is 2.20. The summed E-state index contributed by atoms with van der Waals surface area (Å²) in [5.41, 5.74) is -0.248. The lowest BCUT2D eigenvalue weighted by molar-refractivity contribution is 0.0912. The lowest BCUT2D eigenvalue weighted by Gasteiger charge is -2.27. The minimum absolute atomic E-state index is 0.347. The van der Waals surface area contributed by atoms with Crippen LogP contribution in [0.15, 0.2) is 60.5 Å². The van der Waals surface area contributed by atoms with Crippen LogP contribution in [-0.4, -0.2) is 5.91 Å².